The van der Waals surface area contributed by atoms with Crippen LogP contribution in [0.4, 0.5) is 5.69 Å². The first-order valence-corrected chi connectivity index (χ1v) is 7.09. The quantitative estimate of drug-likeness (QED) is 0.858. The van der Waals surface area contributed by atoms with E-state index in [2.05, 4.69) is 24.3 Å². The summed E-state index contributed by atoms with van der Waals surface area (Å²) in [5.41, 5.74) is 1.52. The molecule has 6 nitrogen and oxygen atoms in total. The first kappa shape index (κ1) is 15.8. The number of carboxylic acid groups (broad SMARTS) is 1. The Morgan fingerprint density at radius 2 is 2.05 bits per heavy atom. The Morgan fingerprint density at radius 3 is 2.73 bits per heavy atom. The highest BCUT2D eigenvalue weighted by Crippen LogP contribution is 2.17. The minimum Gasteiger partial charge on any atom is -0.481 e. The smallest absolute Gasteiger partial charge is 0.307 e. The lowest BCUT2D eigenvalue weighted by atomic mass is 10.1. The molecule has 6 heteroatoms. The van der Waals surface area contributed by atoms with Crippen LogP contribution in [0.1, 0.15) is 29.8 Å². The average molecular weight is 301 g/mol. The van der Waals surface area contributed by atoms with Crippen LogP contribution in [0.5, 0.6) is 0 Å². The van der Waals surface area contributed by atoms with E-state index in [-0.39, 0.29) is 12.3 Å². The summed E-state index contributed by atoms with van der Waals surface area (Å²) in [6, 6.07) is 6.87. The Morgan fingerprint density at radius 1 is 1.32 bits per heavy atom. The molecule has 1 aromatic carbocycles. The van der Waals surface area contributed by atoms with Crippen molar-refractivity contribution in [1.29, 1.82) is 0 Å². The molecule has 0 aliphatic heterocycles. The molecule has 0 spiro atoms. The number of hydrogen-bond acceptors (Lipinski definition) is 3. The number of hydrogen-bond donors (Lipinski definition) is 2. The van der Waals surface area contributed by atoms with Crippen molar-refractivity contribution >= 4 is 17.6 Å². The van der Waals surface area contributed by atoms with Gasteiger partial charge in [-0.2, -0.15) is 5.10 Å². The second-order valence-electron chi connectivity index (χ2n) is 5.53. The molecule has 22 heavy (non-hydrogen) atoms. The summed E-state index contributed by atoms with van der Waals surface area (Å²) in [7, 11) is 0. The molecule has 0 fully saturated rings. The molecule has 0 saturated heterocycles. The number of nitrogens with zero attached hydrogens (tertiary/aromatic N) is 2. The number of carbonyl (C=O) groups excluding carboxylic acids is 1. The maximum Gasteiger partial charge on any atom is 0.307 e. The average Bonchev–Trinajstić information content (AvgIpc) is 2.88. The predicted molar refractivity (Wildman–Crippen MR) is 82.8 cm³/mol. The fourth-order valence-corrected chi connectivity index (χ4v) is 2.11. The number of aliphatic carboxylic acids is 1. The Hall–Kier alpha value is -2.63. The van der Waals surface area contributed by atoms with Gasteiger partial charge in [-0.25, -0.2) is 0 Å². The lowest BCUT2D eigenvalue weighted by molar-refractivity contribution is -0.136. The SMILES string of the molecule is CC(C)Cn1cc(C(=O)Nc2ccccc2CC(=O)O)cn1. The van der Waals surface area contributed by atoms with Crippen LogP contribution < -0.4 is 5.32 Å². The molecule has 0 radical (unpaired) electrons. The minimum atomic E-state index is -0.938. The Labute approximate surface area is 128 Å². The number of amides is 1. The largest absolute Gasteiger partial charge is 0.481 e. The molecule has 0 aliphatic rings. The van der Waals surface area contributed by atoms with E-state index >= 15 is 0 Å². The second-order valence-corrected chi connectivity index (χ2v) is 5.53. The maximum absolute atomic E-state index is 12.2. The molecule has 2 N–H and O–H groups in total. The predicted octanol–water partition coefficient (Wildman–Crippen LogP) is 2.42. The van der Waals surface area contributed by atoms with Crippen LogP contribution in [0.15, 0.2) is 36.7 Å². The normalized spacial score (nSPS) is 10.7. The number of aromatic nitrogens is 2. The van der Waals surface area contributed by atoms with Gasteiger partial charge in [0.05, 0.1) is 18.2 Å². The molecule has 2 aromatic rings. The molecule has 0 bridgehead atoms. The fraction of sp³-hybridized carbons (Fsp3) is 0.312. The number of anilines is 1. The van der Waals surface area contributed by atoms with Crippen molar-refractivity contribution in [2.24, 2.45) is 5.92 Å². The van der Waals surface area contributed by atoms with Crippen molar-refractivity contribution < 1.29 is 14.7 Å². The van der Waals surface area contributed by atoms with E-state index in [1.807, 2.05) is 0 Å². The van der Waals surface area contributed by atoms with Gasteiger partial charge in [-0.1, -0.05) is 32.0 Å². The molecule has 1 amide bonds. The molecule has 0 saturated carbocycles. The van der Waals surface area contributed by atoms with Crippen molar-refractivity contribution in [2.45, 2.75) is 26.8 Å². The van der Waals surface area contributed by atoms with Gasteiger partial charge in [0.25, 0.3) is 5.91 Å². The topological polar surface area (TPSA) is 84.2 Å². The van der Waals surface area contributed by atoms with Crippen molar-refractivity contribution in [3.63, 3.8) is 0 Å². The molecular formula is C16H19N3O3. The van der Waals surface area contributed by atoms with Crippen LogP contribution in [0, 0.1) is 5.92 Å². The van der Waals surface area contributed by atoms with E-state index < -0.39 is 5.97 Å². The summed E-state index contributed by atoms with van der Waals surface area (Å²) < 4.78 is 1.72. The van der Waals surface area contributed by atoms with Gasteiger partial charge < -0.3 is 10.4 Å². The fourth-order valence-electron chi connectivity index (χ4n) is 2.11. The third-order valence-electron chi connectivity index (χ3n) is 3.05. The van der Waals surface area contributed by atoms with Gasteiger partial charge >= 0.3 is 5.97 Å². The van der Waals surface area contributed by atoms with Gasteiger partial charge in [0, 0.05) is 18.4 Å². The van der Waals surface area contributed by atoms with E-state index in [0.717, 1.165) is 6.54 Å². The highest BCUT2D eigenvalue weighted by molar-refractivity contribution is 6.04. The summed E-state index contributed by atoms with van der Waals surface area (Å²) in [5, 5.41) is 15.8. The molecule has 1 aromatic heterocycles. The molecule has 0 atom stereocenters. The Kier molecular flexibility index (Phi) is 4.93. The van der Waals surface area contributed by atoms with Crippen LogP contribution in [0.25, 0.3) is 0 Å². The van der Waals surface area contributed by atoms with E-state index in [4.69, 9.17) is 5.11 Å². The summed E-state index contributed by atoms with van der Waals surface area (Å²) in [4.78, 5) is 23.1. The van der Waals surface area contributed by atoms with Gasteiger partial charge in [0.1, 0.15) is 0 Å². The van der Waals surface area contributed by atoms with Gasteiger partial charge in [0.15, 0.2) is 0 Å². The number of carbonyl (C=O) groups is 2. The summed E-state index contributed by atoms with van der Waals surface area (Å²) in [6.45, 7) is 4.88. The summed E-state index contributed by atoms with van der Waals surface area (Å²) in [6.07, 6.45) is 3.07. The first-order valence-electron chi connectivity index (χ1n) is 7.09. The maximum atomic E-state index is 12.2. The van der Waals surface area contributed by atoms with E-state index in [9.17, 15) is 9.59 Å². The third kappa shape index (κ3) is 4.18. The number of nitrogens with one attached hydrogen (secondary N) is 1. The van der Waals surface area contributed by atoms with Crippen molar-refractivity contribution in [1.82, 2.24) is 9.78 Å². The molecule has 2 rings (SSSR count). The van der Waals surface area contributed by atoms with Crippen molar-refractivity contribution in [3.05, 3.63) is 47.8 Å². The lowest BCUT2D eigenvalue weighted by Crippen LogP contribution is -2.14. The molecule has 0 unspecified atom stereocenters. The van der Waals surface area contributed by atoms with Gasteiger partial charge in [-0.3, -0.25) is 14.3 Å². The van der Waals surface area contributed by atoms with Crippen LogP contribution in [0.3, 0.4) is 0 Å². The van der Waals surface area contributed by atoms with Gasteiger partial charge in [-0.05, 0) is 17.5 Å². The number of benzene rings is 1. The monoisotopic (exact) mass is 301 g/mol. The summed E-state index contributed by atoms with van der Waals surface area (Å²) in [5.74, 6) is -0.800. The number of carboxylic acids is 1. The first-order chi connectivity index (χ1) is 10.5. The zero-order valence-electron chi connectivity index (χ0n) is 12.6. The van der Waals surface area contributed by atoms with Crippen LogP contribution in [-0.2, 0) is 17.8 Å². The number of para-hydroxylation sites is 1. The summed E-state index contributed by atoms with van der Waals surface area (Å²) >= 11 is 0. The van der Waals surface area contributed by atoms with Gasteiger partial charge in [-0.15, -0.1) is 0 Å². The molecule has 0 aliphatic carbocycles. The third-order valence-corrected chi connectivity index (χ3v) is 3.05. The van der Waals surface area contributed by atoms with E-state index in [0.29, 0.717) is 22.7 Å². The minimum absolute atomic E-state index is 0.136. The van der Waals surface area contributed by atoms with Crippen molar-refractivity contribution in [2.75, 3.05) is 5.32 Å². The van der Waals surface area contributed by atoms with Crippen molar-refractivity contribution in [3.8, 4) is 0 Å². The van der Waals surface area contributed by atoms with Crippen LogP contribution >= 0.6 is 0 Å². The van der Waals surface area contributed by atoms with Gasteiger partial charge in [0.2, 0.25) is 0 Å². The highest BCUT2D eigenvalue weighted by Gasteiger charge is 2.13. The Bertz CT molecular complexity index is 677. The zero-order chi connectivity index (χ0) is 16.1. The standard InChI is InChI=1S/C16H19N3O3/c1-11(2)9-19-10-13(8-17-19)16(22)18-14-6-4-3-5-12(14)7-15(20)21/h3-6,8,10-11H,7,9H2,1-2H3,(H,18,22)(H,20,21). The highest BCUT2D eigenvalue weighted by atomic mass is 16.4. The molecule has 1 heterocycles. The lowest BCUT2D eigenvalue weighted by Gasteiger charge is -2.08. The zero-order valence-corrected chi connectivity index (χ0v) is 12.6. The molecular weight excluding hydrogens is 282 g/mol. The molecule has 116 valence electrons. The van der Waals surface area contributed by atoms with Crippen LogP contribution in [-0.4, -0.2) is 26.8 Å². The van der Waals surface area contributed by atoms with Crippen LogP contribution in [0.2, 0.25) is 0 Å². The second kappa shape index (κ2) is 6.89. The Balaban J connectivity index is 2.12. The number of rotatable bonds is 6. The van der Waals surface area contributed by atoms with E-state index in [1.54, 1.807) is 35.1 Å². The van der Waals surface area contributed by atoms with E-state index in [1.165, 1.54) is 6.20 Å².